The Hall–Kier alpha value is -0.340. The summed E-state index contributed by atoms with van der Waals surface area (Å²) in [6.07, 6.45) is 0.602. The van der Waals surface area contributed by atoms with Crippen LogP contribution in [0, 0.1) is 0 Å². The van der Waals surface area contributed by atoms with E-state index < -0.39 is 12.5 Å². The van der Waals surface area contributed by atoms with E-state index in [1.54, 1.807) is 11.8 Å². The predicted octanol–water partition coefficient (Wildman–Crippen LogP) is 0.973. The van der Waals surface area contributed by atoms with Crippen LogP contribution in [0.4, 0.5) is 0 Å². The molecule has 2 atom stereocenters. The van der Waals surface area contributed by atoms with E-state index in [1.165, 1.54) is 7.11 Å². The van der Waals surface area contributed by atoms with Crippen molar-refractivity contribution in [2.45, 2.75) is 45.6 Å². The van der Waals surface area contributed by atoms with Gasteiger partial charge in [-0.05, 0) is 19.2 Å². The van der Waals surface area contributed by atoms with Crippen LogP contribution in [-0.2, 0) is 9.53 Å². The third kappa shape index (κ3) is 9.63. The summed E-state index contributed by atoms with van der Waals surface area (Å²) in [5.41, 5.74) is 0. The molecule has 22 heavy (non-hydrogen) atoms. The molecular weight excluding hydrogens is 304 g/mol. The summed E-state index contributed by atoms with van der Waals surface area (Å²) in [4.78, 5) is 15.7. The molecule has 0 aromatic carbocycles. The molecule has 0 saturated heterocycles. The number of carbonyl (C=O) groups is 1. The smallest absolute Gasteiger partial charge is 0.222 e. The molecule has 0 aliphatic carbocycles. The van der Waals surface area contributed by atoms with Crippen LogP contribution in [0.25, 0.3) is 0 Å². The Kier molecular flexibility index (Phi) is 12.9. The van der Waals surface area contributed by atoms with Gasteiger partial charge in [0.1, 0.15) is 6.23 Å². The van der Waals surface area contributed by atoms with Crippen LogP contribution in [0.1, 0.15) is 33.1 Å². The zero-order valence-electron chi connectivity index (χ0n) is 14.3. The Morgan fingerprint density at radius 3 is 2.41 bits per heavy atom. The van der Waals surface area contributed by atoms with Gasteiger partial charge in [0.25, 0.3) is 0 Å². The lowest BCUT2D eigenvalue weighted by atomic mass is 10.3. The molecule has 1 amide bonds. The number of carbonyl (C=O) groups excluding carboxylic acids is 1. The number of aliphatic hydroxyl groups is 2. The fourth-order valence-corrected chi connectivity index (χ4v) is 2.82. The summed E-state index contributed by atoms with van der Waals surface area (Å²) in [6, 6.07) is 0. The van der Waals surface area contributed by atoms with Gasteiger partial charge in [-0.1, -0.05) is 13.8 Å². The van der Waals surface area contributed by atoms with Crippen LogP contribution >= 0.6 is 11.8 Å². The normalized spacial score (nSPS) is 14.1. The quantitative estimate of drug-likeness (QED) is 0.386. The molecule has 7 heteroatoms. The molecule has 0 aliphatic heterocycles. The molecule has 0 bridgehead atoms. The van der Waals surface area contributed by atoms with Gasteiger partial charge in [-0.2, -0.15) is 11.8 Å². The molecule has 2 N–H and O–H groups in total. The highest BCUT2D eigenvalue weighted by atomic mass is 32.2. The van der Waals surface area contributed by atoms with Crippen LogP contribution < -0.4 is 0 Å². The molecule has 0 aromatic heterocycles. The number of methoxy groups -OCH3 is 1. The Balaban J connectivity index is 4.06. The van der Waals surface area contributed by atoms with Gasteiger partial charge in [0.05, 0.1) is 0 Å². The minimum Gasteiger partial charge on any atom is -0.378 e. The maximum absolute atomic E-state index is 12.0. The minimum absolute atomic E-state index is 0.136. The van der Waals surface area contributed by atoms with Crippen molar-refractivity contribution in [2.75, 3.05) is 45.3 Å². The highest BCUT2D eigenvalue weighted by Crippen LogP contribution is 2.07. The molecule has 0 fully saturated rings. The van der Waals surface area contributed by atoms with Gasteiger partial charge in [-0.15, -0.1) is 0 Å². The lowest BCUT2D eigenvalue weighted by Gasteiger charge is -2.27. The number of aliphatic hydroxyl groups excluding tert-OH is 2. The van der Waals surface area contributed by atoms with Gasteiger partial charge in [-0.25, -0.2) is 0 Å². The number of nitrogens with zero attached hydrogens (tertiary/aromatic N) is 2. The summed E-state index contributed by atoms with van der Waals surface area (Å²) < 4.78 is 4.78. The SMILES string of the molecule is CCC(=O)N(CCSCCC(O)OC)CCN(C)C(O)CC. The van der Waals surface area contributed by atoms with Gasteiger partial charge < -0.3 is 19.8 Å². The number of hydrogen-bond donors (Lipinski definition) is 2. The number of rotatable bonds is 13. The largest absolute Gasteiger partial charge is 0.378 e. The monoisotopic (exact) mass is 336 g/mol. The Bertz CT molecular complexity index is 295. The predicted molar refractivity (Wildman–Crippen MR) is 90.8 cm³/mol. The fourth-order valence-electron chi connectivity index (χ4n) is 1.90. The summed E-state index contributed by atoms with van der Waals surface area (Å²) >= 11 is 1.70. The van der Waals surface area contributed by atoms with Crippen LogP contribution in [0.2, 0.25) is 0 Å². The Morgan fingerprint density at radius 1 is 1.18 bits per heavy atom. The molecule has 0 saturated carbocycles. The molecule has 2 unspecified atom stereocenters. The molecule has 6 nitrogen and oxygen atoms in total. The second-order valence-electron chi connectivity index (χ2n) is 5.20. The van der Waals surface area contributed by atoms with Gasteiger partial charge in [0, 0.05) is 45.3 Å². The van der Waals surface area contributed by atoms with Gasteiger partial charge >= 0.3 is 0 Å². The first-order valence-electron chi connectivity index (χ1n) is 7.90. The van der Waals surface area contributed by atoms with Crippen LogP contribution in [0.5, 0.6) is 0 Å². The summed E-state index contributed by atoms with van der Waals surface area (Å²) in [7, 11) is 3.35. The first-order chi connectivity index (χ1) is 10.5. The first-order valence-corrected chi connectivity index (χ1v) is 9.06. The third-order valence-electron chi connectivity index (χ3n) is 3.54. The summed E-state index contributed by atoms with van der Waals surface area (Å²) in [5.74, 6) is 1.77. The molecule has 132 valence electrons. The topological polar surface area (TPSA) is 73.2 Å². The van der Waals surface area contributed by atoms with Crippen molar-refractivity contribution in [1.82, 2.24) is 9.80 Å². The van der Waals surface area contributed by atoms with Crippen LogP contribution in [-0.4, -0.2) is 83.7 Å². The zero-order chi connectivity index (χ0) is 17.0. The maximum atomic E-state index is 12.0. The van der Waals surface area contributed by atoms with E-state index in [4.69, 9.17) is 4.74 Å². The van der Waals surface area contributed by atoms with Crippen molar-refractivity contribution in [3.05, 3.63) is 0 Å². The average Bonchev–Trinajstić information content (AvgIpc) is 2.54. The van der Waals surface area contributed by atoms with Crippen molar-refractivity contribution < 1.29 is 19.7 Å². The van der Waals surface area contributed by atoms with Crippen LogP contribution in [0.15, 0.2) is 0 Å². The fraction of sp³-hybridized carbons (Fsp3) is 0.933. The maximum Gasteiger partial charge on any atom is 0.222 e. The van der Waals surface area contributed by atoms with E-state index in [0.29, 0.717) is 38.9 Å². The number of hydrogen-bond acceptors (Lipinski definition) is 6. The lowest BCUT2D eigenvalue weighted by Crippen LogP contribution is -2.41. The van der Waals surface area contributed by atoms with E-state index in [9.17, 15) is 15.0 Å². The third-order valence-corrected chi connectivity index (χ3v) is 4.53. The lowest BCUT2D eigenvalue weighted by molar-refractivity contribution is -0.131. The van der Waals surface area contributed by atoms with E-state index in [2.05, 4.69) is 0 Å². The number of amides is 1. The average molecular weight is 336 g/mol. The van der Waals surface area contributed by atoms with Crippen molar-refractivity contribution in [3.63, 3.8) is 0 Å². The van der Waals surface area contributed by atoms with Crippen molar-refractivity contribution in [2.24, 2.45) is 0 Å². The summed E-state index contributed by atoms with van der Waals surface area (Å²) in [5, 5.41) is 19.0. The van der Waals surface area contributed by atoms with Gasteiger partial charge in [0.2, 0.25) is 5.91 Å². The second kappa shape index (κ2) is 13.1. The van der Waals surface area contributed by atoms with E-state index in [1.807, 2.05) is 30.7 Å². The van der Waals surface area contributed by atoms with E-state index in [0.717, 1.165) is 11.5 Å². The molecule has 0 aliphatic rings. The highest BCUT2D eigenvalue weighted by molar-refractivity contribution is 7.99. The Labute approximate surface area is 138 Å². The highest BCUT2D eigenvalue weighted by Gasteiger charge is 2.14. The van der Waals surface area contributed by atoms with Gasteiger partial charge in [0.15, 0.2) is 6.29 Å². The molecule has 0 spiro atoms. The number of thioether (sulfide) groups is 1. The number of likely N-dealkylation sites (N-methyl/N-ethyl adjacent to an activating group) is 1. The molecule has 0 radical (unpaired) electrons. The second-order valence-corrected chi connectivity index (χ2v) is 6.42. The first kappa shape index (κ1) is 21.7. The van der Waals surface area contributed by atoms with Gasteiger partial charge in [-0.3, -0.25) is 9.69 Å². The van der Waals surface area contributed by atoms with Crippen molar-refractivity contribution >= 4 is 17.7 Å². The Morgan fingerprint density at radius 2 is 1.86 bits per heavy atom. The van der Waals surface area contributed by atoms with Crippen molar-refractivity contribution in [3.8, 4) is 0 Å². The van der Waals surface area contributed by atoms with Crippen LogP contribution in [0.3, 0.4) is 0 Å². The zero-order valence-corrected chi connectivity index (χ0v) is 15.1. The molecular formula is C15H32N2O4S. The van der Waals surface area contributed by atoms with E-state index in [-0.39, 0.29) is 5.91 Å². The molecule has 0 heterocycles. The minimum atomic E-state index is -0.704. The molecule has 0 rings (SSSR count). The number of ether oxygens (including phenoxy) is 1. The molecule has 0 aromatic rings. The van der Waals surface area contributed by atoms with Crippen molar-refractivity contribution in [1.29, 1.82) is 0 Å². The standard InChI is InChI=1S/C15H32N2O4S/c1-5-13(18)16(3)8-9-17(14(19)6-2)10-12-22-11-7-15(20)21-4/h13,15,18,20H,5-12H2,1-4H3. The van der Waals surface area contributed by atoms with E-state index >= 15 is 0 Å². The summed E-state index contributed by atoms with van der Waals surface area (Å²) in [6.45, 7) is 5.77.